The number of morpholine rings is 1. The van der Waals surface area contributed by atoms with Crippen molar-refractivity contribution in [1.29, 1.82) is 0 Å². The first kappa shape index (κ1) is 24.9. The van der Waals surface area contributed by atoms with E-state index in [1.165, 1.54) is 6.07 Å². The highest BCUT2D eigenvalue weighted by Crippen LogP contribution is 2.37. The predicted molar refractivity (Wildman–Crippen MR) is 134 cm³/mol. The number of anilines is 2. The van der Waals surface area contributed by atoms with Crippen LogP contribution in [0.5, 0.6) is 0 Å². The molecule has 2 aromatic carbocycles. The zero-order valence-corrected chi connectivity index (χ0v) is 21.5. The van der Waals surface area contributed by atoms with Crippen LogP contribution >= 0.6 is 11.6 Å². The maximum Gasteiger partial charge on any atom is 0.318 e. The third-order valence-corrected chi connectivity index (χ3v) is 8.36. The second-order valence-corrected chi connectivity index (χ2v) is 12.2. The lowest BCUT2D eigenvalue weighted by Gasteiger charge is -2.36. The fraction of sp³-hybridized carbons (Fsp3) is 0.417. The van der Waals surface area contributed by atoms with Gasteiger partial charge >= 0.3 is 6.01 Å². The lowest BCUT2D eigenvalue weighted by Crippen LogP contribution is -2.48. The van der Waals surface area contributed by atoms with Gasteiger partial charge in [-0.3, -0.25) is 0 Å². The number of fused-ring (bicyclic) bond motifs is 1. The van der Waals surface area contributed by atoms with Gasteiger partial charge in [0, 0.05) is 30.7 Å². The molecule has 1 saturated heterocycles. The van der Waals surface area contributed by atoms with Gasteiger partial charge in [0.05, 0.1) is 40.7 Å². The number of nitrogens with zero attached hydrogens (tertiary/aromatic N) is 4. The molecule has 12 heteroatoms. The van der Waals surface area contributed by atoms with Gasteiger partial charge in [0.2, 0.25) is 0 Å². The molecule has 3 aromatic rings. The van der Waals surface area contributed by atoms with E-state index in [1.807, 2.05) is 35.8 Å². The van der Waals surface area contributed by atoms with Crippen LogP contribution < -0.4 is 15.5 Å². The number of halogens is 2. The number of ether oxygens (including phenoxy) is 1. The van der Waals surface area contributed by atoms with Crippen molar-refractivity contribution in [3.63, 3.8) is 0 Å². The van der Waals surface area contributed by atoms with E-state index in [2.05, 4.69) is 10.2 Å². The fourth-order valence-corrected chi connectivity index (χ4v) is 6.37. The number of hydrogen-bond acceptors (Lipinski definition) is 9. The summed E-state index contributed by atoms with van der Waals surface area (Å²) in [6.07, 6.45) is 0. The number of aromatic nitrogens is 2. The minimum absolute atomic E-state index is 0.0202. The van der Waals surface area contributed by atoms with Crippen LogP contribution in [0.3, 0.4) is 0 Å². The molecule has 2 N–H and O–H groups in total. The molecule has 0 unspecified atom stereocenters. The molecule has 0 saturated carbocycles. The Kier molecular flexibility index (Phi) is 6.44. The highest BCUT2D eigenvalue weighted by atomic mass is 35.5. The summed E-state index contributed by atoms with van der Waals surface area (Å²) in [5.74, 6) is -1.09. The smallest absolute Gasteiger partial charge is 0.318 e. The molecule has 0 spiro atoms. The molecule has 9 nitrogen and oxygen atoms in total. The first-order valence-corrected chi connectivity index (χ1v) is 13.6. The monoisotopic (exact) mass is 535 g/mol. The van der Waals surface area contributed by atoms with E-state index in [-0.39, 0.29) is 34.7 Å². The van der Waals surface area contributed by atoms with Crippen molar-refractivity contribution in [1.82, 2.24) is 10.2 Å². The van der Waals surface area contributed by atoms with Crippen molar-refractivity contribution >= 4 is 33.1 Å². The molecule has 5 rings (SSSR count). The standard InChI is InChI=1S/C24H27ClFN5O4S/c1-24(2)14-30(7-8-34-24)23-29-28-22(35-23)18-9-20-21(10-19(18)26)36(32,33)13-17(27)12-31(20)11-15-3-5-16(25)6-4-15/h3-6,9-10,17H,7-8,11-14,27H2,1-2H3/t17-/m1/s1. The van der Waals surface area contributed by atoms with E-state index in [9.17, 15) is 8.42 Å². The first-order valence-electron chi connectivity index (χ1n) is 11.5. The number of benzene rings is 2. The molecule has 192 valence electrons. The van der Waals surface area contributed by atoms with Crippen LogP contribution in [0.2, 0.25) is 5.02 Å². The topological polar surface area (TPSA) is 115 Å². The summed E-state index contributed by atoms with van der Waals surface area (Å²) in [6, 6.07) is 9.30. The summed E-state index contributed by atoms with van der Waals surface area (Å²) in [7, 11) is -3.82. The Hall–Kier alpha value is -2.73. The maximum atomic E-state index is 15.3. The zero-order valence-electron chi connectivity index (χ0n) is 19.9. The van der Waals surface area contributed by atoms with E-state index in [0.29, 0.717) is 37.0 Å². The molecule has 0 bridgehead atoms. The minimum Gasteiger partial charge on any atom is -0.403 e. The van der Waals surface area contributed by atoms with Crippen molar-refractivity contribution in [2.45, 2.75) is 36.9 Å². The first-order chi connectivity index (χ1) is 17.0. The van der Waals surface area contributed by atoms with Gasteiger partial charge < -0.3 is 24.7 Å². The third kappa shape index (κ3) is 5.06. The average Bonchev–Trinajstić information content (AvgIpc) is 3.26. The van der Waals surface area contributed by atoms with Crippen LogP contribution in [0.15, 0.2) is 45.7 Å². The van der Waals surface area contributed by atoms with E-state index in [4.69, 9.17) is 26.5 Å². The molecule has 1 atom stereocenters. The Labute approximate surface area is 213 Å². The van der Waals surface area contributed by atoms with Crippen molar-refractivity contribution in [3.05, 3.63) is 52.8 Å². The van der Waals surface area contributed by atoms with Crippen LogP contribution in [0.25, 0.3) is 11.5 Å². The van der Waals surface area contributed by atoms with Gasteiger partial charge in [0.15, 0.2) is 9.84 Å². The Morgan fingerprint density at radius 2 is 1.97 bits per heavy atom. The van der Waals surface area contributed by atoms with Gasteiger partial charge in [0.1, 0.15) is 5.82 Å². The Morgan fingerprint density at radius 1 is 1.22 bits per heavy atom. The molecule has 36 heavy (non-hydrogen) atoms. The number of sulfone groups is 1. The van der Waals surface area contributed by atoms with Crippen LogP contribution in [0, 0.1) is 5.82 Å². The van der Waals surface area contributed by atoms with Crippen molar-refractivity contribution in [2.75, 3.05) is 41.8 Å². The number of hydrogen-bond donors (Lipinski definition) is 1. The molecule has 0 radical (unpaired) electrons. The van der Waals surface area contributed by atoms with E-state index >= 15 is 4.39 Å². The molecule has 2 aliphatic rings. The summed E-state index contributed by atoms with van der Waals surface area (Å²) in [5.41, 5.74) is 7.02. The molecular formula is C24H27ClFN5O4S. The lowest BCUT2D eigenvalue weighted by atomic mass is 10.1. The largest absolute Gasteiger partial charge is 0.403 e. The normalized spacial score (nSPS) is 21.2. The Morgan fingerprint density at radius 3 is 2.69 bits per heavy atom. The number of nitrogens with two attached hydrogens (primary N) is 1. The molecule has 0 aliphatic carbocycles. The summed E-state index contributed by atoms with van der Waals surface area (Å²) >= 11 is 6.01. The van der Waals surface area contributed by atoms with E-state index < -0.39 is 27.3 Å². The van der Waals surface area contributed by atoms with Gasteiger partial charge in [-0.05, 0) is 43.7 Å². The Balaban J connectivity index is 1.54. The highest BCUT2D eigenvalue weighted by Gasteiger charge is 2.34. The van der Waals surface area contributed by atoms with Crippen molar-refractivity contribution in [3.8, 4) is 11.5 Å². The van der Waals surface area contributed by atoms with E-state index in [1.54, 1.807) is 12.1 Å². The Bertz CT molecular complexity index is 1380. The molecule has 3 heterocycles. The van der Waals surface area contributed by atoms with Crippen LogP contribution in [0.1, 0.15) is 19.4 Å². The van der Waals surface area contributed by atoms with Crippen molar-refractivity contribution in [2.24, 2.45) is 5.73 Å². The minimum atomic E-state index is -3.82. The molecular weight excluding hydrogens is 509 g/mol. The molecule has 0 amide bonds. The molecule has 2 aliphatic heterocycles. The van der Waals surface area contributed by atoms with Crippen LogP contribution in [0.4, 0.5) is 16.1 Å². The highest BCUT2D eigenvalue weighted by molar-refractivity contribution is 7.91. The summed E-state index contributed by atoms with van der Waals surface area (Å²) in [5, 5.41) is 8.77. The van der Waals surface area contributed by atoms with Crippen LogP contribution in [-0.2, 0) is 21.1 Å². The number of rotatable bonds is 4. The third-order valence-electron chi connectivity index (χ3n) is 6.24. The van der Waals surface area contributed by atoms with Gasteiger partial charge in [-0.2, -0.15) is 0 Å². The average molecular weight is 536 g/mol. The van der Waals surface area contributed by atoms with E-state index in [0.717, 1.165) is 11.6 Å². The predicted octanol–water partition coefficient (Wildman–Crippen LogP) is 3.27. The molecule has 1 fully saturated rings. The molecule has 1 aromatic heterocycles. The second-order valence-electron chi connectivity index (χ2n) is 9.77. The van der Waals surface area contributed by atoms with Crippen LogP contribution in [-0.4, -0.2) is 62.3 Å². The van der Waals surface area contributed by atoms with Crippen molar-refractivity contribution < 1.29 is 22.0 Å². The maximum absolute atomic E-state index is 15.3. The van der Waals surface area contributed by atoms with Gasteiger partial charge in [-0.25, -0.2) is 12.8 Å². The van der Waals surface area contributed by atoms with Gasteiger partial charge in [0.25, 0.3) is 5.89 Å². The summed E-state index contributed by atoms with van der Waals surface area (Å²) < 4.78 is 53.0. The zero-order chi connectivity index (χ0) is 25.7. The van der Waals surface area contributed by atoms with Gasteiger partial charge in [-0.15, -0.1) is 5.10 Å². The lowest BCUT2D eigenvalue weighted by molar-refractivity contribution is -0.0290. The quantitative estimate of drug-likeness (QED) is 0.537. The fourth-order valence-electron chi connectivity index (χ4n) is 4.60. The van der Waals surface area contributed by atoms with Gasteiger partial charge in [-0.1, -0.05) is 28.8 Å². The second kappa shape index (κ2) is 9.29. The summed E-state index contributed by atoms with van der Waals surface area (Å²) in [6.45, 7) is 6.13. The SMILES string of the molecule is CC1(C)CN(c2nnc(-c3cc4c(cc3F)S(=O)(=O)C[C@H](N)CN4Cc3ccc(Cl)cc3)o2)CCO1. The summed E-state index contributed by atoms with van der Waals surface area (Å²) in [4.78, 5) is 3.61.